The first-order valence-corrected chi connectivity index (χ1v) is 7.10. The fraction of sp³-hybridized carbons (Fsp3) is 0.176. The Bertz CT molecular complexity index is 667. The zero-order valence-corrected chi connectivity index (χ0v) is 12.1. The van der Waals surface area contributed by atoms with Crippen molar-refractivity contribution in [3.63, 3.8) is 0 Å². The number of imidazole rings is 1. The maximum atomic E-state index is 5.71. The summed E-state index contributed by atoms with van der Waals surface area (Å²) in [7, 11) is 0. The average Bonchev–Trinajstić information content (AvgIpc) is 3.08. The summed E-state index contributed by atoms with van der Waals surface area (Å²) in [5, 5.41) is 0. The minimum absolute atomic E-state index is 0.531. The molecule has 0 aliphatic carbocycles. The maximum Gasteiger partial charge on any atom is 0.120 e. The summed E-state index contributed by atoms with van der Waals surface area (Å²) in [5.41, 5.74) is 1.09. The largest absolute Gasteiger partial charge is 0.492 e. The van der Waals surface area contributed by atoms with Crippen molar-refractivity contribution in [2.24, 2.45) is 0 Å². The maximum absolute atomic E-state index is 5.71. The Kier molecular flexibility index (Phi) is 4.67. The predicted octanol–water partition coefficient (Wildman–Crippen LogP) is 2.94. The van der Waals surface area contributed by atoms with E-state index in [9.17, 15) is 0 Å². The van der Waals surface area contributed by atoms with Crippen molar-refractivity contribution in [3.8, 4) is 11.5 Å². The summed E-state index contributed by atoms with van der Waals surface area (Å²) >= 11 is 0. The molecule has 1 aromatic carbocycles. The quantitative estimate of drug-likeness (QED) is 0.672. The van der Waals surface area contributed by atoms with E-state index in [-0.39, 0.29) is 0 Å². The molecule has 0 bridgehead atoms. The van der Waals surface area contributed by atoms with E-state index >= 15 is 0 Å². The molecule has 0 fully saturated rings. The predicted molar refractivity (Wildman–Crippen MR) is 82.7 cm³/mol. The molecule has 0 unspecified atom stereocenters. The van der Waals surface area contributed by atoms with E-state index in [0.717, 1.165) is 23.6 Å². The molecule has 2 aromatic heterocycles. The van der Waals surface area contributed by atoms with Gasteiger partial charge in [0.25, 0.3) is 0 Å². The topological polar surface area (TPSA) is 49.2 Å². The van der Waals surface area contributed by atoms with Crippen molar-refractivity contribution in [3.05, 3.63) is 73.1 Å². The van der Waals surface area contributed by atoms with E-state index in [0.29, 0.717) is 13.2 Å². The van der Waals surface area contributed by atoms with Crippen molar-refractivity contribution in [1.82, 2.24) is 14.5 Å². The Hall–Kier alpha value is -2.82. The van der Waals surface area contributed by atoms with Gasteiger partial charge in [-0.3, -0.25) is 4.98 Å². The lowest BCUT2D eigenvalue weighted by Gasteiger charge is -2.09. The number of benzene rings is 1. The minimum Gasteiger partial charge on any atom is -0.492 e. The van der Waals surface area contributed by atoms with Gasteiger partial charge in [0.05, 0.1) is 12.9 Å². The third-order valence-electron chi connectivity index (χ3n) is 3.16. The van der Waals surface area contributed by atoms with Crippen LogP contribution in [-0.4, -0.2) is 21.1 Å². The molecule has 0 saturated carbocycles. The zero-order valence-electron chi connectivity index (χ0n) is 12.1. The number of hydrogen-bond donors (Lipinski definition) is 0. The molecule has 0 radical (unpaired) electrons. The Labute approximate surface area is 129 Å². The van der Waals surface area contributed by atoms with Gasteiger partial charge in [-0.1, -0.05) is 0 Å². The summed E-state index contributed by atoms with van der Waals surface area (Å²) in [5.74, 6) is 1.65. The molecule has 5 nitrogen and oxygen atoms in total. The fourth-order valence-electron chi connectivity index (χ4n) is 1.97. The highest BCUT2D eigenvalue weighted by atomic mass is 16.5. The van der Waals surface area contributed by atoms with E-state index in [1.165, 1.54) is 0 Å². The number of ether oxygens (including phenoxy) is 2. The van der Waals surface area contributed by atoms with Gasteiger partial charge in [0, 0.05) is 24.8 Å². The average molecular weight is 295 g/mol. The van der Waals surface area contributed by atoms with Crippen molar-refractivity contribution in [2.75, 3.05) is 6.61 Å². The van der Waals surface area contributed by atoms with Crippen LogP contribution >= 0.6 is 0 Å². The summed E-state index contributed by atoms with van der Waals surface area (Å²) in [6.45, 7) is 1.91. The van der Waals surface area contributed by atoms with Gasteiger partial charge in [0.15, 0.2) is 0 Å². The van der Waals surface area contributed by atoms with E-state index < -0.39 is 0 Å². The smallest absolute Gasteiger partial charge is 0.120 e. The SMILES string of the molecule is c1cc(COc2ccc(OCCn3ccnc3)cc2)ccn1. The van der Waals surface area contributed by atoms with E-state index in [4.69, 9.17) is 9.47 Å². The molecule has 0 aliphatic heterocycles. The second-order valence-electron chi connectivity index (χ2n) is 4.76. The molecule has 3 rings (SSSR count). The first kappa shape index (κ1) is 14.1. The molecule has 0 spiro atoms. The highest BCUT2D eigenvalue weighted by Gasteiger charge is 1.98. The normalized spacial score (nSPS) is 10.4. The summed E-state index contributed by atoms with van der Waals surface area (Å²) < 4.78 is 13.4. The lowest BCUT2D eigenvalue weighted by Crippen LogP contribution is -2.06. The highest BCUT2D eigenvalue weighted by molar-refractivity contribution is 5.31. The van der Waals surface area contributed by atoms with Crippen LogP contribution in [-0.2, 0) is 13.2 Å². The third-order valence-corrected chi connectivity index (χ3v) is 3.16. The molecule has 0 aliphatic rings. The summed E-state index contributed by atoms with van der Waals surface area (Å²) in [4.78, 5) is 7.97. The molecule has 0 amide bonds. The fourth-order valence-corrected chi connectivity index (χ4v) is 1.97. The van der Waals surface area contributed by atoms with Crippen LogP contribution in [0.25, 0.3) is 0 Å². The van der Waals surface area contributed by atoms with Gasteiger partial charge >= 0.3 is 0 Å². The lowest BCUT2D eigenvalue weighted by molar-refractivity contribution is 0.293. The van der Waals surface area contributed by atoms with Gasteiger partial charge in [-0.15, -0.1) is 0 Å². The van der Waals surface area contributed by atoms with E-state index in [1.807, 2.05) is 47.2 Å². The summed E-state index contributed by atoms with van der Waals surface area (Å²) in [6.07, 6.45) is 8.97. The van der Waals surface area contributed by atoms with Crippen LogP contribution in [0.4, 0.5) is 0 Å². The van der Waals surface area contributed by atoms with Crippen molar-refractivity contribution in [2.45, 2.75) is 13.2 Å². The van der Waals surface area contributed by atoms with Crippen molar-refractivity contribution < 1.29 is 9.47 Å². The van der Waals surface area contributed by atoms with Gasteiger partial charge in [0.2, 0.25) is 0 Å². The first-order chi connectivity index (χ1) is 10.9. The van der Waals surface area contributed by atoms with Gasteiger partial charge in [0.1, 0.15) is 24.7 Å². The van der Waals surface area contributed by atoms with Crippen molar-refractivity contribution in [1.29, 1.82) is 0 Å². The second-order valence-corrected chi connectivity index (χ2v) is 4.76. The number of hydrogen-bond acceptors (Lipinski definition) is 4. The molecule has 0 saturated heterocycles. The molecule has 2 heterocycles. The minimum atomic E-state index is 0.531. The molecular formula is C17H17N3O2. The molecule has 5 heteroatoms. The zero-order chi connectivity index (χ0) is 15.0. The molecule has 22 heavy (non-hydrogen) atoms. The van der Waals surface area contributed by atoms with Crippen LogP contribution in [0.3, 0.4) is 0 Å². The van der Waals surface area contributed by atoms with Gasteiger partial charge in [-0.05, 0) is 42.0 Å². The third kappa shape index (κ3) is 4.09. The molecule has 112 valence electrons. The number of rotatable bonds is 7. The Morgan fingerprint density at radius 1 is 0.818 bits per heavy atom. The van der Waals surface area contributed by atoms with Gasteiger partial charge in [-0.2, -0.15) is 0 Å². The molecular weight excluding hydrogens is 278 g/mol. The molecule has 3 aromatic rings. The van der Waals surface area contributed by atoms with E-state index in [1.54, 1.807) is 24.9 Å². The molecule has 0 N–H and O–H groups in total. The number of nitrogens with zero attached hydrogens (tertiary/aromatic N) is 3. The number of pyridine rings is 1. The van der Waals surface area contributed by atoms with Crippen molar-refractivity contribution >= 4 is 0 Å². The van der Waals surface area contributed by atoms with Crippen LogP contribution in [0.1, 0.15) is 5.56 Å². The standard InChI is InChI=1S/C17H17N3O2/c1-3-17(22-13-15-5-7-18-8-6-15)4-2-16(1)21-12-11-20-10-9-19-14-20/h1-10,14H,11-13H2. The Morgan fingerprint density at radius 3 is 2.23 bits per heavy atom. The number of aromatic nitrogens is 3. The highest BCUT2D eigenvalue weighted by Crippen LogP contribution is 2.18. The van der Waals surface area contributed by atoms with Gasteiger partial charge in [-0.25, -0.2) is 4.98 Å². The van der Waals surface area contributed by atoms with Gasteiger partial charge < -0.3 is 14.0 Å². The molecule has 0 atom stereocenters. The van der Waals surface area contributed by atoms with E-state index in [2.05, 4.69) is 9.97 Å². The van der Waals surface area contributed by atoms with Crippen LogP contribution in [0.5, 0.6) is 11.5 Å². The van der Waals surface area contributed by atoms with Crippen LogP contribution < -0.4 is 9.47 Å². The monoisotopic (exact) mass is 295 g/mol. The lowest BCUT2D eigenvalue weighted by atomic mass is 10.3. The second kappa shape index (κ2) is 7.26. The van der Waals surface area contributed by atoms with Crippen LogP contribution in [0, 0.1) is 0 Å². The van der Waals surface area contributed by atoms with Crippen LogP contribution in [0.15, 0.2) is 67.5 Å². The van der Waals surface area contributed by atoms with Crippen LogP contribution in [0.2, 0.25) is 0 Å². The first-order valence-electron chi connectivity index (χ1n) is 7.10. The Balaban J connectivity index is 1.45. The summed E-state index contributed by atoms with van der Waals surface area (Å²) in [6, 6.07) is 11.5. The Morgan fingerprint density at radius 2 is 1.55 bits per heavy atom.